The van der Waals surface area contributed by atoms with E-state index in [1.807, 2.05) is 0 Å². The molecule has 1 heterocycles. The molecule has 0 spiro atoms. The van der Waals surface area contributed by atoms with Crippen LogP contribution in [0.15, 0.2) is 18.2 Å². The number of rotatable bonds is 2. The Morgan fingerprint density at radius 3 is 2.72 bits per heavy atom. The summed E-state index contributed by atoms with van der Waals surface area (Å²) in [5, 5.41) is 9.04. The van der Waals surface area contributed by atoms with Crippen LogP contribution in [0.25, 0.3) is 0 Å². The second-order valence-electron chi connectivity index (χ2n) is 4.65. The number of carbonyl (C=O) groups is 1. The lowest BCUT2D eigenvalue weighted by Gasteiger charge is -2.31. The molecule has 1 aromatic carbocycles. The minimum absolute atomic E-state index is 0.157. The molecule has 0 aromatic heterocycles. The molecule has 0 saturated carbocycles. The van der Waals surface area contributed by atoms with Gasteiger partial charge in [0.2, 0.25) is 0 Å². The molecule has 4 nitrogen and oxygen atoms in total. The van der Waals surface area contributed by atoms with Gasteiger partial charge in [-0.05, 0) is 37.0 Å². The van der Waals surface area contributed by atoms with Gasteiger partial charge in [-0.15, -0.1) is 0 Å². The first-order chi connectivity index (χ1) is 8.61. The van der Waals surface area contributed by atoms with Crippen molar-refractivity contribution in [3.8, 4) is 0 Å². The maximum Gasteiger partial charge on any atom is 0.256 e. The second kappa shape index (κ2) is 5.35. The molecule has 2 rings (SSSR count). The van der Waals surface area contributed by atoms with E-state index in [0.29, 0.717) is 18.8 Å². The van der Waals surface area contributed by atoms with E-state index >= 15 is 0 Å². The van der Waals surface area contributed by atoms with Gasteiger partial charge >= 0.3 is 0 Å². The van der Waals surface area contributed by atoms with Gasteiger partial charge in [-0.2, -0.15) is 0 Å². The number of likely N-dealkylation sites (tertiary alicyclic amines) is 1. The highest BCUT2D eigenvalue weighted by molar-refractivity contribution is 5.99. The Bertz CT molecular complexity index is 443. The van der Waals surface area contributed by atoms with E-state index in [1.165, 1.54) is 18.2 Å². The molecule has 1 amide bonds. The predicted molar refractivity (Wildman–Crippen MR) is 66.5 cm³/mol. The molecule has 98 valence electrons. The van der Waals surface area contributed by atoms with E-state index in [1.54, 1.807) is 4.90 Å². The van der Waals surface area contributed by atoms with Gasteiger partial charge in [-0.3, -0.25) is 4.79 Å². The van der Waals surface area contributed by atoms with Crippen LogP contribution in [-0.2, 0) is 0 Å². The Labute approximate surface area is 105 Å². The highest BCUT2D eigenvalue weighted by atomic mass is 19.1. The number of carbonyl (C=O) groups excluding carboxylic acids is 1. The second-order valence-corrected chi connectivity index (χ2v) is 4.65. The van der Waals surface area contributed by atoms with Crippen LogP contribution in [0.4, 0.5) is 10.1 Å². The lowest BCUT2D eigenvalue weighted by Crippen LogP contribution is -2.39. The van der Waals surface area contributed by atoms with Crippen molar-refractivity contribution in [1.82, 2.24) is 4.90 Å². The number of amides is 1. The number of aliphatic hydroxyl groups excluding tert-OH is 1. The van der Waals surface area contributed by atoms with Gasteiger partial charge in [0.15, 0.2) is 0 Å². The summed E-state index contributed by atoms with van der Waals surface area (Å²) in [6.45, 7) is 1.32. The van der Waals surface area contributed by atoms with Crippen LogP contribution in [0.2, 0.25) is 0 Å². The van der Waals surface area contributed by atoms with Crippen LogP contribution in [-0.4, -0.2) is 35.6 Å². The zero-order chi connectivity index (χ0) is 13.1. The van der Waals surface area contributed by atoms with Gasteiger partial charge < -0.3 is 15.7 Å². The Kier molecular flexibility index (Phi) is 3.81. The van der Waals surface area contributed by atoms with E-state index < -0.39 is 5.82 Å². The molecular formula is C13H17FN2O2. The summed E-state index contributed by atoms with van der Waals surface area (Å²) in [6, 6.07) is 3.82. The highest BCUT2D eigenvalue weighted by Gasteiger charge is 2.24. The Morgan fingerprint density at radius 1 is 1.44 bits per heavy atom. The Morgan fingerprint density at radius 2 is 2.11 bits per heavy atom. The lowest BCUT2D eigenvalue weighted by molar-refractivity contribution is 0.0651. The van der Waals surface area contributed by atoms with Crippen molar-refractivity contribution in [3.05, 3.63) is 29.6 Å². The van der Waals surface area contributed by atoms with Crippen molar-refractivity contribution in [3.63, 3.8) is 0 Å². The van der Waals surface area contributed by atoms with E-state index in [-0.39, 0.29) is 24.0 Å². The van der Waals surface area contributed by atoms with Gasteiger partial charge in [0.05, 0.1) is 5.56 Å². The standard InChI is InChI=1S/C13H17FN2O2/c14-10-1-2-12(15)11(7-10)13(18)16-5-3-9(8-17)4-6-16/h1-2,7,9,17H,3-6,8,15H2. The number of nitrogen functional groups attached to an aromatic ring is 1. The molecule has 0 atom stereocenters. The smallest absolute Gasteiger partial charge is 0.256 e. The van der Waals surface area contributed by atoms with E-state index in [0.717, 1.165) is 12.8 Å². The third kappa shape index (κ3) is 2.61. The van der Waals surface area contributed by atoms with Gasteiger partial charge in [0, 0.05) is 25.4 Å². The number of anilines is 1. The fraction of sp³-hybridized carbons (Fsp3) is 0.462. The third-order valence-electron chi connectivity index (χ3n) is 3.41. The number of hydrogen-bond donors (Lipinski definition) is 2. The largest absolute Gasteiger partial charge is 0.398 e. The predicted octanol–water partition coefficient (Wildman–Crippen LogP) is 1.25. The molecule has 0 bridgehead atoms. The maximum atomic E-state index is 13.1. The molecule has 3 N–H and O–H groups in total. The topological polar surface area (TPSA) is 66.6 Å². The minimum Gasteiger partial charge on any atom is -0.398 e. The molecule has 1 aromatic rings. The van der Waals surface area contributed by atoms with Crippen molar-refractivity contribution in [2.24, 2.45) is 5.92 Å². The SMILES string of the molecule is Nc1ccc(F)cc1C(=O)N1CCC(CO)CC1. The van der Waals surface area contributed by atoms with Crippen molar-refractivity contribution >= 4 is 11.6 Å². The molecule has 1 aliphatic rings. The highest BCUT2D eigenvalue weighted by Crippen LogP contribution is 2.21. The molecule has 18 heavy (non-hydrogen) atoms. The Hall–Kier alpha value is -1.62. The van der Waals surface area contributed by atoms with Crippen molar-refractivity contribution in [2.75, 3.05) is 25.4 Å². The average molecular weight is 252 g/mol. The lowest BCUT2D eigenvalue weighted by atomic mass is 9.97. The number of benzene rings is 1. The van der Waals surface area contributed by atoms with Crippen LogP contribution in [0.5, 0.6) is 0 Å². The summed E-state index contributed by atoms with van der Waals surface area (Å²) in [6.07, 6.45) is 1.55. The normalized spacial score (nSPS) is 16.9. The summed E-state index contributed by atoms with van der Waals surface area (Å²) < 4.78 is 13.1. The van der Waals surface area contributed by atoms with E-state index in [4.69, 9.17) is 10.8 Å². The molecule has 0 aliphatic carbocycles. The third-order valence-corrected chi connectivity index (χ3v) is 3.41. The fourth-order valence-corrected chi connectivity index (χ4v) is 2.20. The molecule has 1 saturated heterocycles. The maximum absolute atomic E-state index is 13.1. The summed E-state index contributed by atoms with van der Waals surface area (Å²) in [5.74, 6) is -0.430. The van der Waals surface area contributed by atoms with Crippen molar-refractivity contribution < 1.29 is 14.3 Å². The zero-order valence-electron chi connectivity index (χ0n) is 10.1. The summed E-state index contributed by atoms with van der Waals surface area (Å²) in [4.78, 5) is 13.8. The van der Waals surface area contributed by atoms with E-state index in [9.17, 15) is 9.18 Å². The van der Waals surface area contributed by atoms with Crippen LogP contribution >= 0.6 is 0 Å². The summed E-state index contributed by atoms with van der Waals surface area (Å²) >= 11 is 0. The number of nitrogens with two attached hydrogens (primary N) is 1. The van der Waals surface area contributed by atoms with Crippen molar-refractivity contribution in [1.29, 1.82) is 0 Å². The van der Waals surface area contributed by atoms with Crippen LogP contribution in [0.1, 0.15) is 23.2 Å². The first kappa shape index (κ1) is 12.8. The first-order valence-corrected chi connectivity index (χ1v) is 6.07. The molecular weight excluding hydrogens is 235 g/mol. The molecule has 1 aliphatic heterocycles. The average Bonchev–Trinajstić information content (AvgIpc) is 2.41. The van der Waals surface area contributed by atoms with Gasteiger partial charge in [0.1, 0.15) is 5.82 Å². The molecule has 5 heteroatoms. The quantitative estimate of drug-likeness (QED) is 0.778. The number of halogens is 1. The number of nitrogens with zero attached hydrogens (tertiary/aromatic N) is 1. The first-order valence-electron chi connectivity index (χ1n) is 6.07. The van der Waals surface area contributed by atoms with Gasteiger partial charge in [-0.1, -0.05) is 0 Å². The Balaban J connectivity index is 2.10. The zero-order valence-corrected chi connectivity index (χ0v) is 10.1. The van der Waals surface area contributed by atoms with Gasteiger partial charge in [0.25, 0.3) is 5.91 Å². The fourth-order valence-electron chi connectivity index (χ4n) is 2.20. The summed E-state index contributed by atoms with van der Waals surface area (Å²) in [7, 11) is 0. The van der Waals surface area contributed by atoms with E-state index in [2.05, 4.69) is 0 Å². The molecule has 0 radical (unpaired) electrons. The number of piperidine rings is 1. The molecule has 1 fully saturated rings. The monoisotopic (exact) mass is 252 g/mol. The number of aliphatic hydroxyl groups is 1. The minimum atomic E-state index is -0.460. The van der Waals surface area contributed by atoms with Crippen LogP contribution in [0, 0.1) is 11.7 Å². The van der Waals surface area contributed by atoms with Crippen molar-refractivity contribution in [2.45, 2.75) is 12.8 Å². The molecule has 0 unspecified atom stereocenters. The van der Waals surface area contributed by atoms with Crippen LogP contribution < -0.4 is 5.73 Å². The van der Waals surface area contributed by atoms with Gasteiger partial charge in [-0.25, -0.2) is 4.39 Å². The van der Waals surface area contributed by atoms with Crippen LogP contribution in [0.3, 0.4) is 0 Å². The number of hydrogen-bond acceptors (Lipinski definition) is 3. The summed E-state index contributed by atoms with van der Waals surface area (Å²) in [5.41, 5.74) is 6.21.